The third-order valence-corrected chi connectivity index (χ3v) is 10.3. The maximum absolute atomic E-state index is 6.37. The molecule has 0 unspecified atom stereocenters. The minimum atomic E-state index is 0.879. The zero-order valence-corrected chi connectivity index (χ0v) is 27.4. The van der Waals surface area contributed by atoms with Crippen molar-refractivity contribution in [3.63, 3.8) is 0 Å². The van der Waals surface area contributed by atoms with Crippen LogP contribution in [0.2, 0.25) is 0 Å². The van der Waals surface area contributed by atoms with Gasteiger partial charge in [0.2, 0.25) is 0 Å². The normalized spacial score (nSPS) is 11.9. The molecule has 5 heteroatoms. The summed E-state index contributed by atoms with van der Waals surface area (Å²) in [5.74, 6) is 0. The Morgan fingerprint density at radius 3 is 1.20 bits per heavy atom. The lowest BCUT2D eigenvalue weighted by Gasteiger charge is -2.08. The van der Waals surface area contributed by atoms with Crippen molar-refractivity contribution in [2.75, 3.05) is 0 Å². The fourth-order valence-corrected chi connectivity index (χ4v) is 7.94. The fourth-order valence-electron chi connectivity index (χ4n) is 7.94. The Morgan fingerprint density at radius 2 is 0.745 bits per heavy atom. The number of rotatable bonds is 4. The van der Waals surface area contributed by atoms with E-state index in [1.807, 2.05) is 24.8 Å². The Labute approximate surface area is 292 Å². The van der Waals surface area contributed by atoms with Gasteiger partial charge in [-0.3, -0.25) is 9.97 Å². The molecule has 0 fully saturated rings. The third kappa shape index (κ3) is 4.22. The van der Waals surface area contributed by atoms with Crippen molar-refractivity contribution in [2.45, 2.75) is 0 Å². The fraction of sp³-hybridized carbons (Fsp3) is 0. The summed E-state index contributed by atoms with van der Waals surface area (Å²) in [6.45, 7) is 0. The van der Waals surface area contributed by atoms with E-state index in [1.165, 1.54) is 10.8 Å². The van der Waals surface area contributed by atoms with Gasteiger partial charge in [-0.1, -0.05) is 60.7 Å². The topological polar surface area (TPSA) is 48.8 Å². The van der Waals surface area contributed by atoms with E-state index in [0.29, 0.717) is 0 Å². The molecule has 0 saturated carbocycles. The van der Waals surface area contributed by atoms with Crippen LogP contribution in [0.3, 0.4) is 0 Å². The van der Waals surface area contributed by atoms with Gasteiger partial charge in [-0.05, 0) is 107 Å². The van der Waals surface area contributed by atoms with Gasteiger partial charge in [0.15, 0.2) is 0 Å². The van der Waals surface area contributed by atoms with E-state index in [0.717, 1.165) is 88.4 Å². The standard InChI is InChI=1S/C46H28N4O/c1-3-7-33(8-4-1)49-41-15-11-29(23-35(41)39-27-47-21-19-43(39)49)31-13-17-45-37(25-31)38-26-32(14-18-46(38)51-45)30-12-16-42-36(24-30)40-28-48-22-20-44(40)50(42)34-9-5-2-6-10-34/h1-28H. The maximum atomic E-state index is 6.37. The highest BCUT2D eigenvalue weighted by atomic mass is 16.3. The number of furan rings is 1. The minimum absolute atomic E-state index is 0.879. The van der Waals surface area contributed by atoms with Crippen LogP contribution in [-0.4, -0.2) is 19.1 Å². The van der Waals surface area contributed by atoms with Gasteiger partial charge in [-0.25, -0.2) is 0 Å². The molecule has 0 bridgehead atoms. The number of hydrogen-bond donors (Lipinski definition) is 0. The Morgan fingerprint density at radius 1 is 0.353 bits per heavy atom. The van der Waals surface area contributed by atoms with Crippen molar-refractivity contribution < 1.29 is 4.42 Å². The van der Waals surface area contributed by atoms with Gasteiger partial charge in [0.1, 0.15) is 11.2 Å². The van der Waals surface area contributed by atoms with Crippen LogP contribution in [0.4, 0.5) is 0 Å². The molecule has 5 nitrogen and oxygen atoms in total. The number of nitrogens with zero attached hydrogens (tertiary/aromatic N) is 4. The number of benzene rings is 6. The molecule has 0 aliphatic carbocycles. The second-order valence-electron chi connectivity index (χ2n) is 13.1. The summed E-state index contributed by atoms with van der Waals surface area (Å²) >= 11 is 0. The highest BCUT2D eigenvalue weighted by Crippen LogP contribution is 2.39. The van der Waals surface area contributed by atoms with E-state index in [9.17, 15) is 0 Å². The molecule has 11 rings (SSSR count). The Balaban J connectivity index is 1.04. The van der Waals surface area contributed by atoms with Crippen molar-refractivity contribution >= 4 is 65.6 Å². The van der Waals surface area contributed by atoms with Crippen LogP contribution in [-0.2, 0) is 0 Å². The van der Waals surface area contributed by atoms with Crippen molar-refractivity contribution in [2.24, 2.45) is 0 Å². The largest absolute Gasteiger partial charge is 0.456 e. The van der Waals surface area contributed by atoms with Crippen molar-refractivity contribution in [3.05, 3.63) is 170 Å². The van der Waals surface area contributed by atoms with Gasteiger partial charge in [0.25, 0.3) is 0 Å². The Bertz CT molecular complexity index is 2920. The molecule has 5 aromatic heterocycles. The molecule has 0 N–H and O–H groups in total. The summed E-state index contributed by atoms with van der Waals surface area (Å²) in [6.07, 6.45) is 7.68. The lowest BCUT2D eigenvalue weighted by atomic mass is 9.98. The summed E-state index contributed by atoms with van der Waals surface area (Å²) in [4.78, 5) is 8.98. The van der Waals surface area contributed by atoms with E-state index >= 15 is 0 Å². The first-order chi connectivity index (χ1) is 25.3. The molecule has 11 aromatic rings. The van der Waals surface area contributed by atoms with Crippen LogP contribution in [0.5, 0.6) is 0 Å². The van der Waals surface area contributed by atoms with Crippen LogP contribution < -0.4 is 0 Å². The molecule has 0 amide bonds. The van der Waals surface area contributed by atoms with E-state index < -0.39 is 0 Å². The number of fused-ring (bicyclic) bond motifs is 9. The first-order valence-electron chi connectivity index (χ1n) is 17.1. The highest BCUT2D eigenvalue weighted by Gasteiger charge is 2.17. The van der Waals surface area contributed by atoms with Gasteiger partial charge in [-0.2, -0.15) is 0 Å². The number of hydrogen-bond acceptors (Lipinski definition) is 3. The first kappa shape index (κ1) is 27.9. The van der Waals surface area contributed by atoms with E-state index in [-0.39, 0.29) is 0 Å². The predicted octanol–water partition coefficient (Wildman–Crippen LogP) is 11.9. The SMILES string of the molecule is c1ccc(-n2c3ccncc3c3cc(-c4ccc5oc6ccc(-c7ccc8c(c7)c7cnccc7n8-c7ccccc7)cc6c5c4)ccc32)cc1. The molecule has 0 atom stereocenters. The smallest absolute Gasteiger partial charge is 0.135 e. The summed E-state index contributed by atoms with van der Waals surface area (Å²) in [5.41, 5.74) is 13.2. The zero-order chi connectivity index (χ0) is 33.5. The summed E-state index contributed by atoms with van der Waals surface area (Å²) in [7, 11) is 0. The maximum Gasteiger partial charge on any atom is 0.135 e. The lowest BCUT2D eigenvalue weighted by Crippen LogP contribution is -1.93. The summed E-state index contributed by atoms with van der Waals surface area (Å²) in [5, 5.41) is 6.83. The molecule has 0 spiro atoms. The van der Waals surface area contributed by atoms with Crippen molar-refractivity contribution in [3.8, 4) is 33.6 Å². The molecule has 51 heavy (non-hydrogen) atoms. The van der Waals surface area contributed by atoms with Crippen molar-refractivity contribution in [1.29, 1.82) is 0 Å². The van der Waals surface area contributed by atoms with Crippen LogP contribution in [0.15, 0.2) is 175 Å². The third-order valence-electron chi connectivity index (χ3n) is 10.3. The average molecular weight is 653 g/mol. The monoisotopic (exact) mass is 652 g/mol. The van der Waals surface area contributed by atoms with Crippen LogP contribution >= 0.6 is 0 Å². The lowest BCUT2D eigenvalue weighted by molar-refractivity contribution is 0.669. The molecule has 0 aliphatic heterocycles. The molecule has 0 aliphatic rings. The molecule has 238 valence electrons. The van der Waals surface area contributed by atoms with E-state index in [2.05, 4.69) is 165 Å². The van der Waals surface area contributed by atoms with Crippen molar-refractivity contribution in [1.82, 2.24) is 19.1 Å². The van der Waals surface area contributed by atoms with Gasteiger partial charge < -0.3 is 13.6 Å². The minimum Gasteiger partial charge on any atom is -0.456 e. The van der Waals surface area contributed by atoms with Crippen LogP contribution in [0, 0.1) is 0 Å². The van der Waals surface area contributed by atoms with Crippen LogP contribution in [0.1, 0.15) is 0 Å². The summed E-state index contributed by atoms with van der Waals surface area (Å²) in [6, 6.07) is 51.8. The Kier molecular flexibility index (Phi) is 5.89. The van der Waals surface area contributed by atoms with Gasteiger partial charge in [-0.15, -0.1) is 0 Å². The number of para-hydroxylation sites is 2. The van der Waals surface area contributed by atoms with E-state index in [4.69, 9.17) is 4.42 Å². The van der Waals surface area contributed by atoms with Gasteiger partial charge in [0.05, 0.1) is 22.1 Å². The first-order valence-corrected chi connectivity index (χ1v) is 17.1. The highest BCUT2D eigenvalue weighted by molar-refractivity contribution is 6.13. The quantitative estimate of drug-likeness (QED) is 0.190. The molecule has 0 saturated heterocycles. The number of aromatic nitrogens is 4. The van der Waals surface area contributed by atoms with Gasteiger partial charge >= 0.3 is 0 Å². The zero-order valence-electron chi connectivity index (χ0n) is 27.4. The molecule has 5 heterocycles. The van der Waals surface area contributed by atoms with E-state index in [1.54, 1.807) is 0 Å². The summed E-state index contributed by atoms with van der Waals surface area (Å²) < 4.78 is 11.0. The predicted molar refractivity (Wildman–Crippen MR) is 209 cm³/mol. The molecular weight excluding hydrogens is 625 g/mol. The molecular formula is C46H28N4O. The number of pyridine rings is 2. The Hall–Kier alpha value is -6.98. The van der Waals surface area contributed by atoms with Gasteiger partial charge in [0, 0.05) is 68.5 Å². The molecule has 0 radical (unpaired) electrons. The molecule has 6 aromatic carbocycles. The average Bonchev–Trinajstić information content (AvgIpc) is 3.85. The second kappa shape index (κ2) is 10.8. The van der Waals surface area contributed by atoms with Crippen LogP contribution in [0.25, 0.3) is 99.2 Å². The second-order valence-corrected chi connectivity index (χ2v) is 13.1.